The minimum absolute atomic E-state index is 0.0527. The van der Waals surface area contributed by atoms with Gasteiger partial charge < -0.3 is 25.8 Å². The molecule has 1 fully saturated rings. The van der Waals surface area contributed by atoms with Crippen LogP contribution in [0.3, 0.4) is 0 Å². The number of hydrogen-bond donors (Lipinski definition) is 4. The average Bonchev–Trinajstić information content (AvgIpc) is 3.21. The monoisotopic (exact) mass is 479 g/mol. The third kappa shape index (κ3) is 7.29. The van der Waals surface area contributed by atoms with E-state index in [9.17, 15) is 14.0 Å². The van der Waals surface area contributed by atoms with Crippen molar-refractivity contribution in [2.45, 2.75) is 51.2 Å². The number of nitrogens with one attached hydrogen (secondary N) is 3. The normalized spacial score (nSPS) is 14.0. The van der Waals surface area contributed by atoms with E-state index in [-0.39, 0.29) is 28.6 Å². The van der Waals surface area contributed by atoms with Gasteiger partial charge in [-0.05, 0) is 49.5 Å². The van der Waals surface area contributed by atoms with Crippen molar-refractivity contribution < 1.29 is 23.5 Å². The summed E-state index contributed by atoms with van der Waals surface area (Å²) in [6.45, 7) is 1.15. The molecule has 9 nitrogen and oxygen atoms in total. The number of anilines is 1. The Labute approximate surface area is 196 Å². The fourth-order valence-electron chi connectivity index (χ4n) is 3.65. The predicted octanol–water partition coefficient (Wildman–Crippen LogP) is 3.40. The molecule has 1 aliphatic carbocycles. The van der Waals surface area contributed by atoms with Gasteiger partial charge in [0, 0.05) is 24.2 Å². The molecule has 33 heavy (non-hydrogen) atoms. The Balaban J connectivity index is 1.48. The second kappa shape index (κ2) is 12.4. The van der Waals surface area contributed by atoms with E-state index in [1.165, 1.54) is 51.3 Å². The molecule has 1 aromatic carbocycles. The molecule has 0 bridgehead atoms. The first-order chi connectivity index (χ1) is 16.0. The van der Waals surface area contributed by atoms with Gasteiger partial charge in [0.15, 0.2) is 0 Å². The second-order valence-electron chi connectivity index (χ2n) is 7.83. The van der Waals surface area contributed by atoms with Crippen LogP contribution in [0.1, 0.15) is 54.4 Å². The summed E-state index contributed by atoms with van der Waals surface area (Å²) >= 11 is 0.867. The zero-order valence-electron chi connectivity index (χ0n) is 18.6. The number of rotatable bonds is 11. The second-order valence-corrected chi connectivity index (χ2v) is 8.60. The van der Waals surface area contributed by atoms with Crippen LogP contribution in [0.5, 0.6) is 11.6 Å². The summed E-state index contributed by atoms with van der Waals surface area (Å²) < 4.78 is 28.6. The highest BCUT2D eigenvalue weighted by Crippen LogP contribution is 2.31. The van der Waals surface area contributed by atoms with Crippen LogP contribution in [0.25, 0.3) is 0 Å². The first-order valence-electron chi connectivity index (χ1n) is 11.0. The van der Waals surface area contributed by atoms with Gasteiger partial charge in [0.05, 0.1) is 7.11 Å². The summed E-state index contributed by atoms with van der Waals surface area (Å²) in [5.74, 6) is -0.999. The number of aromatic nitrogens is 1. The Morgan fingerprint density at radius 3 is 2.73 bits per heavy atom. The van der Waals surface area contributed by atoms with Gasteiger partial charge in [0.2, 0.25) is 5.88 Å². The summed E-state index contributed by atoms with van der Waals surface area (Å²) in [7, 11) is 1.44. The van der Waals surface area contributed by atoms with Crippen molar-refractivity contribution in [1.29, 1.82) is 0 Å². The fraction of sp³-hybridized carbons (Fsp3) is 0.500. The van der Waals surface area contributed by atoms with E-state index in [4.69, 9.17) is 15.2 Å². The van der Waals surface area contributed by atoms with Gasteiger partial charge in [-0.1, -0.05) is 19.3 Å². The molecule has 0 unspecified atom stereocenters. The van der Waals surface area contributed by atoms with Crippen molar-refractivity contribution >= 4 is 28.5 Å². The minimum Gasteiger partial charge on any atom is -0.497 e. The standard InChI is InChI=1S/C22H30FN5O4S/c1-31-16-9-8-14(17(23)12-16)13-32-20-18(19(24)29)21(33-28-20)27-22(30)26-11-5-10-25-15-6-3-2-4-7-15/h8-9,12,15,25H,2-7,10-11,13H2,1H3,(H2,24,29)(H2,26,27,30). The highest BCUT2D eigenvalue weighted by molar-refractivity contribution is 7.11. The van der Waals surface area contributed by atoms with E-state index in [1.54, 1.807) is 6.07 Å². The molecule has 0 radical (unpaired) electrons. The Hall–Kier alpha value is -2.92. The number of methoxy groups -OCH3 is 1. The Bertz CT molecular complexity index is 949. The molecular weight excluding hydrogens is 449 g/mol. The van der Waals surface area contributed by atoms with Gasteiger partial charge in [0.25, 0.3) is 5.91 Å². The van der Waals surface area contributed by atoms with Crippen LogP contribution in [-0.2, 0) is 6.61 Å². The van der Waals surface area contributed by atoms with E-state index in [1.807, 2.05) is 0 Å². The number of carbonyl (C=O) groups excluding carboxylic acids is 2. The maximum Gasteiger partial charge on any atom is 0.319 e. The molecule has 1 aliphatic rings. The van der Waals surface area contributed by atoms with Crippen LogP contribution in [0.4, 0.5) is 14.2 Å². The van der Waals surface area contributed by atoms with Crippen molar-refractivity contribution in [1.82, 2.24) is 15.0 Å². The lowest BCUT2D eigenvalue weighted by atomic mass is 9.95. The van der Waals surface area contributed by atoms with E-state index >= 15 is 0 Å². The van der Waals surface area contributed by atoms with Crippen molar-refractivity contribution in [3.8, 4) is 11.6 Å². The molecule has 2 aromatic rings. The van der Waals surface area contributed by atoms with Gasteiger partial charge in [-0.2, -0.15) is 4.37 Å². The van der Waals surface area contributed by atoms with Crippen LogP contribution < -0.4 is 31.2 Å². The maximum atomic E-state index is 14.1. The SMILES string of the molecule is COc1ccc(COc2nsc(NC(=O)NCCCNC3CCCCC3)c2C(N)=O)c(F)c1. The summed E-state index contributed by atoms with van der Waals surface area (Å²) in [4.78, 5) is 24.2. The molecule has 1 saturated carbocycles. The average molecular weight is 480 g/mol. The molecule has 3 amide bonds. The van der Waals surface area contributed by atoms with Crippen LogP contribution >= 0.6 is 11.5 Å². The summed E-state index contributed by atoms with van der Waals surface area (Å²) in [6, 6.07) is 4.45. The summed E-state index contributed by atoms with van der Waals surface area (Å²) in [5, 5.41) is 9.04. The lowest BCUT2D eigenvalue weighted by Crippen LogP contribution is -2.35. The third-order valence-corrected chi connectivity index (χ3v) is 6.18. The molecule has 180 valence electrons. The van der Waals surface area contributed by atoms with Gasteiger partial charge in [-0.25, -0.2) is 9.18 Å². The summed E-state index contributed by atoms with van der Waals surface area (Å²) in [5.41, 5.74) is 5.66. The number of amides is 3. The molecule has 1 heterocycles. The quantitative estimate of drug-likeness (QED) is 0.366. The summed E-state index contributed by atoms with van der Waals surface area (Å²) in [6.07, 6.45) is 7.08. The van der Waals surface area contributed by atoms with Gasteiger partial charge in [-0.15, -0.1) is 0 Å². The minimum atomic E-state index is -0.805. The lowest BCUT2D eigenvalue weighted by molar-refractivity contribution is 0.0996. The molecule has 0 atom stereocenters. The number of hydrogen-bond acceptors (Lipinski definition) is 7. The highest BCUT2D eigenvalue weighted by Gasteiger charge is 2.22. The van der Waals surface area contributed by atoms with Crippen molar-refractivity contribution in [3.63, 3.8) is 0 Å². The first-order valence-corrected chi connectivity index (χ1v) is 11.8. The van der Waals surface area contributed by atoms with Gasteiger partial charge in [-0.3, -0.25) is 10.1 Å². The van der Waals surface area contributed by atoms with Gasteiger partial charge in [0.1, 0.15) is 28.7 Å². The van der Waals surface area contributed by atoms with E-state index in [0.717, 1.165) is 24.5 Å². The van der Waals surface area contributed by atoms with Crippen molar-refractivity contribution in [2.75, 3.05) is 25.5 Å². The zero-order valence-corrected chi connectivity index (χ0v) is 19.4. The molecule has 1 aromatic heterocycles. The molecule has 11 heteroatoms. The fourth-order valence-corrected chi connectivity index (χ4v) is 4.38. The number of nitrogens with zero attached hydrogens (tertiary/aromatic N) is 1. The topological polar surface area (TPSA) is 128 Å². The number of carbonyl (C=O) groups is 2. The number of primary amides is 1. The number of ether oxygens (including phenoxy) is 2. The Morgan fingerprint density at radius 1 is 1.24 bits per heavy atom. The Kier molecular flexibility index (Phi) is 9.25. The van der Waals surface area contributed by atoms with Crippen LogP contribution in [-0.4, -0.2) is 42.6 Å². The largest absolute Gasteiger partial charge is 0.497 e. The van der Waals surface area contributed by atoms with E-state index < -0.39 is 17.8 Å². The van der Waals surface area contributed by atoms with E-state index in [0.29, 0.717) is 18.3 Å². The number of nitrogens with two attached hydrogens (primary N) is 1. The molecule has 0 saturated heterocycles. The first kappa shape index (κ1) is 24.7. The lowest BCUT2D eigenvalue weighted by Gasteiger charge is -2.22. The van der Waals surface area contributed by atoms with Crippen molar-refractivity contribution in [2.24, 2.45) is 5.73 Å². The number of benzene rings is 1. The Morgan fingerprint density at radius 2 is 2.03 bits per heavy atom. The number of urea groups is 1. The van der Waals surface area contributed by atoms with Crippen LogP contribution in [0.15, 0.2) is 18.2 Å². The molecule has 3 rings (SSSR count). The molecule has 0 aliphatic heterocycles. The van der Waals surface area contributed by atoms with Gasteiger partial charge >= 0.3 is 6.03 Å². The highest BCUT2D eigenvalue weighted by atomic mass is 32.1. The molecule has 0 spiro atoms. The van der Waals surface area contributed by atoms with Crippen LogP contribution in [0.2, 0.25) is 0 Å². The van der Waals surface area contributed by atoms with E-state index in [2.05, 4.69) is 20.3 Å². The zero-order chi connectivity index (χ0) is 23.6. The third-order valence-electron chi connectivity index (χ3n) is 5.44. The molecular formula is C22H30FN5O4S. The predicted molar refractivity (Wildman–Crippen MR) is 124 cm³/mol. The smallest absolute Gasteiger partial charge is 0.319 e. The number of halogens is 1. The maximum absolute atomic E-state index is 14.1. The van der Waals surface area contributed by atoms with Crippen LogP contribution in [0, 0.1) is 5.82 Å². The van der Waals surface area contributed by atoms with Crippen molar-refractivity contribution in [3.05, 3.63) is 35.1 Å². The molecule has 5 N–H and O–H groups in total.